The van der Waals surface area contributed by atoms with Crippen molar-refractivity contribution in [2.24, 2.45) is 0 Å². The van der Waals surface area contributed by atoms with Crippen LogP contribution in [0.1, 0.15) is 40.2 Å². The number of hydrogen-bond donors (Lipinski definition) is 1. The van der Waals surface area contributed by atoms with Gasteiger partial charge >= 0.3 is 12.1 Å². The lowest BCUT2D eigenvalue weighted by atomic mass is 10.0. The fraction of sp³-hybridized carbons (Fsp3) is 0.286. The molecule has 1 aromatic carbocycles. The monoisotopic (exact) mass is 315 g/mol. The lowest BCUT2D eigenvalue weighted by molar-refractivity contribution is -0.137. The van der Waals surface area contributed by atoms with Gasteiger partial charge in [-0.3, -0.25) is 0 Å². The van der Waals surface area contributed by atoms with Gasteiger partial charge in [0.1, 0.15) is 23.6 Å². The Bertz CT molecular complexity index is 649. The second kappa shape index (κ2) is 6.18. The Hall–Kier alpha value is -2.35. The van der Waals surface area contributed by atoms with Crippen LogP contribution in [0, 0.1) is 0 Å². The number of esters is 1. The molecule has 1 heterocycles. The maximum atomic E-state index is 12.5. The molecule has 2 rings (SSSR count). The molecule has 0 saturated heterocycles. The van der Waals surface area contributed by atoms with E-state index in [0.29, 0.717) is 0 Å². The maximum absolute atomic E-state index is 12.5. The number of carbonyl (C=O) groups excluding carboxylic acids is 1. The molecular weight excluding hydrogens is 303 g/mol. The molecule has 2 aromatic rings. The fourth-order valence-electron chi connectivity index (χ4n) is 1.82. The normalized spacial score (nSPS) is 13.0. The molecule has 22 heavy (non-hydrogen) atoms. The first kappa shape index (κ1) is 16.0. The highest BCUT2D eigenvalue weighted by molar-refractivity contribution is 5.90. The summed E-state index contributed by atoms with van der Waals surface area (Å²) in [6.45, 7) is 1.73. The molecule has 8 heteroatoms. The summed E-state index contributed by atoms with van der Waals surface area (Å²) in [4.78, 5) is 11.7. The van der Waals surface area contributed by atoms with Gasteiger partial charge in [-0.1, -0.05) is 17.3 Å². The van der Waals surface area contributed by atoms with Crippen LogP contribution in [-0.4, -0.2) is 22.8 Å². The standard InChI is InChI=1S/C14H12F3NO4/c1-2-21-13(20)10-7-22-18-11(10)12(19)8-3-5-9(6-4-8)14(15,16)17/h3-7,12,19H,2H2,1H3/t12-/m0/s1. The average Bonchev–Trinajstić information content (AvgIpc) is 2.95. The Balaban J connectivity index is 2.27. The van der Waals surface area contributed by atoms with Gasteiger partial charge in [0.2, 0.25) is 0 Å². The van der Waals surface area contributed by atoms with Gasteiger partial charge in [0.25, 0.3) is 0 Å². The first-order chi connectivity index (χ1) is 10.3. The van der Waals surface area contributed by atoms with Gasteiger partial charge in [-0.25, -0.2) is 4.79 Å². The van der Waals surface area contributed by atoms with Gasteiger partial charge in [0, 0.05) is 0 Å². The SMILES string of the molecule is CCOC(=O)c1conc1[C@@H](O)c1ccc(C(F)(F)F)cc1. The van der Waals surface area contributed by atoms with E-state index >= 15 is 0 Å². The zero-order valence-electron chi connectivity index (χ0n) is 11.4. The molecule has 5 nitrogen and oxygen atoms in total. The van der Waals surface area contributed by atoms with Crippen molar-refractivity contribution in [1.29, 1.82) is 0 Å². The molecule has 1 N–H and O–H groups in total. The molecule has 0 radical (unpaired) electrons. The van der Waals surface area contributed by atoms with Crippen LogP contribution in [-0.2, 0) is 10.9 Å². The van der Waals surface area contributed by atoms with Crippen LogP contribution in [0.4, 0.5) is 13.2 Å². The van der Waals surface area contributed by atoms with Gasteiger partial charge in [-0.05, 0) is 24.6 Å². The fourth-order valence-corrected chi connectivity index (χ4v) is 1.82. The number of hydrogen-bond acceptors (Lipinski definition) is 5. The predicted molar refractivity (Wildman–Crippen MR) is 68.0 cm³/mol. The molecule has 1 atom stereocenters. The highest BCUT2D eigenvalue weighted by atomic mass is 19.4. The maximum Gasteiger partial charge on any atom is 0.416 e. The Kier molecular flexibility index (Phi) is 4.51. The Morgan fingerprint density at radius 2 is 2.00 bits per heavy atom. The summed E-state index contributed by atoms with van der Waals surface area (Å²) in [6.07, 6.45) is -4.85. The average molecular weight is 315 g/mol. The van der Waals surface area contributed by atoms with Crippen molar-refractivity contribution in [1.82, 2.24) is 5.16 Å². The molecule has 0 aliphatic rings. The summed E-state index contributed by atoms with van der Waals surface area (Å²) in [5.74, 6) is -0.732. The molecule has 0 unspecified atom stereocenters. The summed E-state index contributed by atoms with van der Waals surface area (Å²) in [7, 11) is 0. The number of rotatable bonds is 4. The first-order valence-corrected chi connectivity index (χ1v) is 6.31. The first-order valence-electron chi connectivity index (χ1n) is 6.31. The molecule has 0 spiro atoms. The summed E-state index contributed by atoms with van der Waals surface area (Å²) in [5.41, 5.74) is -0.880. The highest BCUT2D eigenvalue weighted by Crippen LogP contribution is 2.31. The van der Waals surface area contributed by atoms with E-state index in [1.807, 2.05) is 0 Å². The van der Waals surface area contributed by atoms with Crippen LogP contribution in [0.5, 0.6) is 0 Å². The number of halogens is 3. The van der Waals surface area contributed by atoms with Crippen LogP contribution in [0.25, 0.3) is 0 Å². The van der Waals surface area contributed by atoms with E-state index in [0.717, 1.165) is 30.5 Å². The zero-order chi connectivity index (χ0) is 16.3. The van der Waals surface area contributed by atoms with Crippen molar-refractivity contribution in [3.63, 3.8) is 0 Å². The van der Waals surface area contributed by atoms with Crippen molar-refractivity contribution in [2.45, 2.75) is 19.2 Å². The van der Waals surface area contributed by atoms with Gasteiger partial charge in [0.05, 0.1) is 12.2 Å². The molecule has 0 amide bonds. The largest absolute Gasteiger partial charge is 0.462 e. The Morgan fingerprint density at radius 1 is 1.36 bits per heavy atom. The number of benzene rings is 1. The van der Waals surface area contributed by atoms with Gasteiger partial charge in [-0.2, -0.15) is 13.2 Å². The van der Waals surface area contributed by atoms with E-state index in [2.05, 4.69) is 9.68 Å². The zero-order valence-corrected chi connectivity index (χ0v) is 11.4. The third kappa shape index (κ3) is 3.28. The van der Waals surface area contributed by atoms with E-state index in [-0.39, 0.29) is 23.4 Å². The number of aliphatic hydroxyl groups excluding tert-OH is 1. The van der Waals surface area contributed by atoms with E-state index in [1.54, 1.807) is 6.92 Å². The number of alkyl halides is 3. The lowest BCUT2D eigenvalue weighted by Gasteiger charge is -2.11. The molecule has 1 aromatic heterocycles. The molecule has 0 saturated carbocycles. The van der Waals surface area contributed by atoms with Crippen molar-refractivity contribution < 1.29 is 32.3 Å². The van der Waals surface area contributed by atoms with Crippen LogP contribution in [0.2, 0.25) is 0 Å². The third-order valence-electron chi connectivity index (χ3n) is 2.91. The van der Waals surface area contributed by atoms with Gasteiger partial charge < -0.3 is 14.4 Å². The second-order valence-corrected chi connectivity index (χ2v) is 4.36. The molecule has 0 aliphatic heterocycles. The molecular formula is C14H12F3NO4. The minimum absolute atomic E-state index is 0.0748. The number of ether oxygens (including phenoxy) is 1. The summed E-state index contributed by atoms with van der Waals surface area (Å²) >= 11 is 0. The highest BCUT2D eigenvalue weighted by Gasteiger charge is 2.31. The summed E-state index contributed by atoms with van der Waals surface area (Å²) < 4.78 is 46.9. The molecule has 0 bridgehead atoms. The Morgan fingerprint density at radius 3 is 2.55 bits per heavy atom. The van der Waals surface area contributed by atoms with E-state index in [9.17, 15) is 23.1 Å². The number of nitrogens with zero attached hydrogens (tertiary/aromatic N) is 1. The quantitative estimate of drug-likeness (QED) is 0.878. The number of aromatic nitrogens is 1. The van der Waals surface area contributed by atoms with Crippen molar-refractivity contribution in [2.75, 3.05) is 6.61 Å². The van der Waals surface area contributed by atoms with Crippen LogP contribution >= 0.6 is 0 Å². The Labute approximate surface area is 123 Å². The smallest absolute Gasteiger partial charge is 0.416 e. The van der Waals surface area contributed by atoms with Crippen LogP contribution in [0.15, 0.2) is 35.1 Å². The van der Waals surface area contributed by atoms with Crippen molar-refractivity contribution >= 4 is 5.97 Å². The lowest BCUT2D eigenvalue weighted by Crippen LogP contribution is -2.11. The van der Waals surface area contributed by atoms with Crippen molar-refractivity contribution in [3.8, 4) is 0 Å². The third-order valence-corrected chi connectivity index (χ3v) is 2.91. The minimum Gasteiger partial charge on any atom is -0.462 e. The topological polar surface area (TPSA) is 72.6 Å². The molecule has 0 aliphatic carbocycles. The number of aliphatic hydroxyl groups is 1. The van der Waals surface area contributed by atoms with Gasteiger partial charge in [-0.15, -0.1) is 0 Å². The van der Waals surface area contributed by atoms with Crippen molar-refractivity contribution in [3.05, 3.63) is 52.9 Å². The summed E-state index contributed by atoms with van der Waals surface area (Å²) in [6, 6.07) is 3.89. The molecule has 0 fully saturated rings. The number of carbonyl (C=O) groups is 1. The predicted octanol–water partition coefficient (Wildman–Crippen LogP) is 2.95. The van der Waals surface area contributed by atoms with Gasteiger partial charge in [0.15, 0.2) is 0 Å². The molecule has 118 valence electrons. The van der Waals surface area contributed by atoms with E-state index in [4.69, 9.17) is 4.74 Å². The minimum atomic E-state index is -4.46. The van der Waals surface area contributed by atoms with E-state index in [1.165, 1.54) is 0 Å². The van der Waals surface area contributed by atoms with Crippen LogP contribution < -0.4 is 0 Å². The van der Waals surface area contributed by atoms with Crippen LogP contribution in [0.3, 0.4) is 0 Å². The summed E-state index contributed by atoms with van der Waals surface area (Å²) in [5, 5.41) is 13.7. The second-order valence-electron chi connectivity index (χ2n) is 4.36. The van der Waals surface area contributed by atoms with E-state index < -0.39 is 23.8 Å².